The standard InChI is InChI=1S/C32H31Cl2N3O4S/c1-2-35-32(39)30(21-24-9-5-3-6-10-24)36(22-25-13-15-26(33)16-14-25)31(38)23-37(28-11-7-4-8-12-28)42(40,41)29-19-17-27(34)18-20-29/h3-20,30H,2,21-23H2,1H3,(H,35,39)/t30-/m1/s1. The molecule has 0 fully saturated rings. The number of rotatable bonds is 12. The molecule has 0 radical (unpaired) electrons. The van der Waals surface area contributed by atoms with Crippen LogP contribution in [0.5, 0.6) is 0 Å². The van der Waals surface area contributed by atoms with Gasteiger partial charge in [0.25, 0.3) is 10.0 Å². The Bertz CT molecular complexity index is 1580. The fourth-order valence-corrected chi connectivity index (χ4v) is 6.16. The van der Waals surface area contributed by atoms with Crippen molar-refractivity contribution in [2.24, 2.45) is 0 Å². The number of nitrogens with zero attached hydrogens (tertiary/aromatic N) is 2. The van der Waals surface area contributed by atoms with Crippen molar-refractivity contribution >= 4 is 50.7 Å². The molecule has 1 N–H and O–H groups in total. The third kappa shape index (κ3) is 7.91. The molecule has 0 heterocycles. The average Bonchev–Trinajstić information content (AvgIpc) is 2.99. The molecule has 0 unspecified atom stereocenters. The number of amides is 2. The summed E-state index contributed by atoms with van der Waals surface area (Å²) in [5, 5.41) is 3.76. The van der Waals surface area contributed by atoms with Gasteiger partial charge < -0.3 is 10.2 Å². The summed E-state index contributed by atoms with van der Waals surface area (Å²) in [6.45, 7) is 1.70. The summed E-state index contributed by atoms with van der Waals surface area (Å²) in [6, 6.07) is 29.6. The summed E-state index contributed by atoms with van der Waals surface area (Å²) in [5.41, 5.74) is 1.91. The van der Waals surface area contributed by atoms with Gasteiger partial charge in [-0.15, -0.1) is 0 Å². The average molecular weight is 625 g/mol. The highest BCUT2D eigenvalue weighted by atomic mass is 35.5. The molecule has 4 rings (SSSR count). The highest BCUT2D eigenvalue weighted by Gasteiger charge is 2.34. The van der Waals surface area contributed by atoms with E-state index in [2.05, 4.69) is 5.32 Å². The number of carbonyl (C=O) groups excluding carboxylic acids is 2. The van der Waals surface area contributed by atoms with E-state index in [0.29, 0.717) is 22.3 Å². The van der Waals surface area contributed by atoms with E-state index >= 15 is 0 Å². The first-order chi connectivity index (χ1) is 20.2. The molecule has 4 aromatic carbocycles. The predicted octanol–water partition coefficient (Wildman–Crippen LogP) is 5.96. The molecular weight excluding hydrogens is 593 g/mol. The van der Waals surface area contributed by atoms with Crippen LogP contribution in [0.4, 0.5) is 5.69 Å². The van der Waals surface area contributed by atoms with E-state index in [-0.39, 0.29) is 23.8 Å². The van der Waals surface area contributed by atoms with Crippen LogP contribution in [-0.4, -0.2) is 44.3 Å². The number of sulfonamides is 1. The van der Waals surface area contributed by atoms with Gasteiger partial charge in [-0.25, -0.2) is 8.42 Å². The minimum Gasteiger partial charge on any atom is -0.355 e. The van der Waals surface area contributed by atoms with Crippen molar-refractivity contribution in [3.8, 4) is 0 Å². The third-order valence-corrected chi connectivity index (χ3v) is 8.90. The van der Waals surface area contributed by atoms with E-state index < -0.39 is 28.5 Å². The lowest BCUT2D eigenvalue weighted by molar-refractivity contribution is -0.140. The van der Waals surface area contributed by atoms with E-state index in [0.717, 1.165) is 15.4 Å². The van der Waals surface area contributed by atoms with Gasteiger partial charge in [-0.05, 0) is 66.6 Å². The maximum absolute atomic E-state index is 14.3. The number of likely N-dealkylation sites (N-methyl/N-ethyl adjacent to an activating group) is 1. The van der Waals surface area contributed by atoms with Crippen LogP contribution in [0.15, 0.2) is 114 Å². The van der Waals surface area contributed by atoms with Crippen molar-refractivity contribution < 1.29 is 18.0 Å². The van der Waals surface area contributed by atoms with Crippen LogP contribution < -0.4 is 9.62 Å². The fraction of sp³-hybridized carbons (Fsp3) is 0.188. The van der Waals surface area contributed by atoms with Crippen LogP contribution in [-0.2, 0) is 32.6 Å². The number of nitrogens with one attached hydrogen (secondary N) is 1. The van der Waals surface area contributed by atoms with Crippen molar-refractivity contribution in [2.75, 3.05) is 17.4 Å². The maximum Gasteiger partial charge on any atom is 0.264 e. The van der Waals surface area contributed by atoms with Gasteiger partial charge in [0.1, 0.15) is 12.6 Å². The summed E-state index contributed by atoms with van der Waals surface area (Å²) in [6.07, 6.45) is 0.237. The molecule has 4 aromatic rings. The summed E-state index contributed by atoms with van der Waals surface area (Å²) < 4.78 is 28.9. The molecular formula is C32H31Cl2N3O4S. The molecule has 0 bridgehead atoms. The van der Waals surface area contributed by atoms with E-state index in [1.165, 1.54) is 29.2 Å². The number of carbonyl (C=O) groups is 2. The highest BCUT2D eigenvalue weighted by Crippen LogP contribution is 2.26. The summed E-state index contributed by atoms with van der Waals surface area (Å²) in [5.74, 6) is -0.881. The summed E-state index contributed by atoms with van der Waals surface area (Å²) >= 11 is 12.1. The molecule has 0 aliphatic rings. The third-order valence-electron chi connectivity index (χ3n) is 6.61. The molecule has 0 spiro atoms. The van der Waals surface area contributed by atoms with E-state index in [4.69, 9.17) is 23.2 Å². The van der Waals surface area contributed by atoms with Gasteiger partial charge in [-0.2, -0.15) is 0 Å². The van der Waals surface area contributed by atoms with Gasteiger partial charge in [0, 0.05) is 29.6 Å². The van der Waals surface area contributed by atoms with Crippen molar-refractivity contribution in [3.05, 3.63) is 130 Å². The van der Waals surface area contributed by atoms with Gasteiger partial charge in [-0.3, -0.25) is 13.9 Å². The molecule has 0 saturated carbocycles. The van der Waals surface area contributed by atoms with Crippen LogP contribution >= 0.6 is 23.2 Å². The maximum atomic E-state index is 14.3. The minimum atomic E-state index is -4.18. The molecule has 0 aliphatic carbocycles. The lowest BCUT2D eigenvalue weighted by atomic mass is 10.0. The van der Waals surface area contributed by atoms with E-state index in [9.17, 15) is 18.0 Å². The predicted molar refractivity (Wildman–Crippen MR) is 167 cm³/mol. The second kappa shape index (κ2) is 14.4. The first-order valence-corrected chi connectivity index (χ1v) is 15.6. The highest BCUT2D eigenvalue weighted by molar-refractivity contribution is 7.92. The number of hydrogen-bond donors (Lipinski definition) is 1. The molecule has 0 aliphatic heterocycles. The van der Waals surface area contributed by atoms with Gasteiger partial charge in [0.2, 0.25) is 11.8 Å². The molecule has 42 heavy (non-hydrogen) atoms. The van der Waals surface area contributed by atoms with Crippen LogP contribution in [0.2, 0.25) is 10.0 Å². The number of halogens is 2. The van der Waals surface area contributed by atoms with Crippen molar-refractivity contribution in [2.45, 2.75) is 30.8 Å². The van der Waals surface area contributed by atoms with Crippen molar-refractivity contribution in [1.29, 1.82) is 0 Å². The largest absolute Gasteiger partial charge is 0.355 e. The molecule has 218 valence electrons. The Morgan fingerprint density at radius 2 is 1.31 bits per heavy atom. The van der Waals surface area contributed by atoms with E-state index in [1.807, 2.05) is 30.3 Å². The van der Waals surface area contributed by atoms with Crippen molar-refractivity contribution in [1.82, 2.24) is 10.2 Å². The van der Waals surface area contributed by atoms with Gasteiger partial charge in [0.15, 0.2) is 0 Å². The van der Waals surface area contributed by atoms with Gasteiger partial charge in [-0.1, -0.05) is 83.9 Å². The Morgan fingerprint density at radius 3 is 1.88 bits per heavy atom. The number of hydrogen-bond acceptors (Lipinski definition) is 4. The fourth-order valence-electron chi connectivity index (χ4n) is 4.49. The van der Waals surface area contributed by atoms with E-state index in [1.54, 1.807) is 61.5 Å². The molecule has 7 nitrogen and oxygen atoms in total. The Balaban J connectivity index is 1.77. The summed E-state index contributed by atoms with van der Waals surface area (Å²) in [4.78, 5) is 29.2. The lowest BCUT2D eigenvalue weighted by Gasteiger charge is -2.33. The zero-order valence-corrected chi connectivity index (χ0v) is 25.3. The van der Waals surface area contributed by atoms with Crippen LogP contribution in [0.1, 0.15) is 18.1 Å². The number of anilines is 1. The molecule has 2 amide bonds. The quantitative estimate of drug-likeness (QED) is 0.211. The molecule has 1 atom stereocenters. The monoisotopic (exact) mass is 623 g/mol. The van der Waals surface area contributed by atoms with Crippen LogP contribution in [0, 0.1) is 0 Å². The molecule has 10 heteroatoms. The normalized spacial score (nSPS) is 11.9. The molecule has 0 aromatic heterocycles. The second-order valence-corrected chi connectivity index (χ2v) is 12.3. The first kappa shape index (κ1) is 31.1. The Labute approximate surface area is 256 Å². The first-order valence-electron chi connectivity index (χ1n) is 13.4. The Hall–Kier alpha value is -3.85. The molecule has 0 saturated heterocycles. The van der Waals surface area contributed by atoms with Gasteiger partial charge in [0.05, 0.1) is 10.6 Å². The SMILES string of the molecule is CCNC(=O)[C@@H](Cc1ccccc1)N(Cc1ccc(Cl)cc1)C(=O)CN(c1ccccc1)S(=O)(=O)c1ccc(Cl)cc1. The zero-order valence-electron chi connectivity index (χ0n) is 23.0. The lowest BCUT2D eigenvalue weighted by Crippen LogP contribution is -2.53. The topological polar surface area (TPSA) is 86.8 Å². The Kier molecular flexibility index (Phi) is 10.6. The Morgan fingerprint density at radius 1 is 0.762 bits per heavy atom. The number of benzene rings is 4. The van der Waals surface area contributed by atoms with Crippen molar-refractivity contribution in [3.63, 3.8) is 0 Å². The number of para-hydroxylation sites is 1. The zero-order chi connectivity index (χ0) is 30.1. The van der Waals surface area contributed by atoms with Crippen LogP contribution in [0.25, 0.3) is 0 Å². The summed E-state index contributed by atoms with van der Waals surface area (Å²) in [7, 11) is -4.18. The van der Waals surface area contributed by atoms with Gasteiger partial charge >= 0.3 is 0 Å². The smallest absolute Gasteiger partial charge is 0.264 e. The minimum absolute atomic E-state index is 0.0163. The van der Waals surface area contributed by atoms with Crippen LogP contribution in [0.3, 0.4) is 0 Å². The second-order valence-electron chi connectivity index (χ2n) is 9.55.